The number of nitrogens with zero attached hydrogens (tertiary/aromatic N) is 2. The fourth-order valence-electron chi connectivity index (χ4n) is 3.57. The second kappa shape index (κ2) is 7.52. The molecule has 6 nitrogen and oxygen atoms in total. The van der Waals surface area contributed by atoms with E-state index in [-0.39, 0.29) is 11.8 Å². The number of nitrogens with one attached hydrogen (secondary N) is 1. The maximum Gasteiger partial charge on any atom is 0.273 e. The molecule has 2 aliphatic rings. The number of amides is 2. The highest BCUT2D eigenvalue weighted by Crippen LogP contribution is 2.34. The lowest BCUT2D eigenvalue weighted by Gasteiger charge is -2.38. The average Bonchev–Trinajstić information content (AvgIpc) is 3.33. The van der Waals surface area contributed by atoms with Gasteiger partial charge >= 0.3 is 0 Å². The number of para-hydroxylation sites is 1. The second-order valence-electron chi connectivity index (χ2n) is 6.98. The molecule has 1 N–H and O–H groups in total. The summed E-state index contributed by atoms with van der Waals surface area (Å²) in [7, 11) is 0. The van der Waals surface area contributed by atoms with Crippen molar-refractivity contribution < 1.29 is 14.4 Å². The Morgan fingerprint density at radius 2 is 2.07 bits per heavy atom. The van der Waals surface area contributed by atoms with Crippen LogP contribution in [0.1, 0.15) is 24.1 Å². The van der Waals surface area contributed by atoms with Crippen LogP contribution in [0.15, 0.2) is 53.0 Å². The van der Waals surface area contributed by atoms with Gasteiger partial charge in [0.05, 0.1) is 13.0 Å². The number of thiophene rings is 1. The summed E-state index contributed by atoms with van der Waals surface area (Å²) in [5.74, 6) is -0.151. The summed E-state index contributed by atoms with van der Waals surface area (Å²) in [5, 5.41) is 8.87. The molecule has 7 heteroatoms. The van der Waals surface area contributed by atoms with Crippen molar-refractivity contribution >= 4 is 34.6 Å². The second-order valence-corrected chi connectivity index (χ2v) is 8.02. The van der Waals surface area contributed by atoms with E-state index in [1.54, 1.807) is 11.3 Å². The van der Waals surface area contributed by atoms with Gasteiger partial charge < -0.3 is 15.1 Å². The van der Waals surface area contributed by atoms with E-state index in [2.05, 4.69) is 10.5 Å². The lowest BCUT2D eigenvalue weighted by atomic mass is 9.88. The topological polar surface area (TPSA) is 71.0 Å². The minimum Gasteiger partial charge on any atom is -0.386 e. The van der Waals surface area contributed by atoms with E-state index in [1.807, 2.05) is 52.7 Å². The first-order valence-corrected chi connectivity index (χ1v) is 9.93. The molecule has 4 rings (SSSR count). The summed E-state index contributed by atoms with van der Waals surface area (Å²) < 4.78 is 0. The number of likely N-dealkylation sites (tertiary alicyclic amines) is 1. The van der Waals surface area contributed by atoms with Gasteiger partial charge in [0.25, 0.3) is 5.91 Å². The number of hydrogen-bond donors (Lipinski definition) is 1. The minimum atomic E-state index is -0.577. The summed E-state index contributed by atoms with van der Waals surface area (Å²) >= 11 is 1.59. The molecule has 1 spiro atoms. The summed E-state index contributed by atoms with van der Waals surface area (Å²) in [6, 6.07) is 13.2. The molecule has 1 aromatic heterocycles. The Hall–Kier alpha value is -2.67. The zero-order valence-corrected chi connectivity index (χ0v) is 15.7. The number of piperidine rings is 1. The van der Waals surface area contributed by atoms with Gasteiger partial charge in [0, 0.05) is 23.5 Å². The number of rotatable bonds is 4. The summed E-state index contributed by atoms with van der Waals surface area (Å²) in [4.78, 5) is 33.7. The number of anilines is 1. The molecule has 2 aromatic rings. The van der Waals surface area contributed by atoms with Crippen LogP contribution in [0.25, 0.3) is 0 Å². The molecule has 27 heavy (non-hydrogen) atoms. The molecule has 1 unspecified atom stereocenters. The predicted molar refractivity (Wildman–Crippen MR) is 105 cm³/mol. The van der Waals surface area contributed by atoms with Gasteiger partial charge in [-0.2, -0.15) is 0 Å². The van der Waals surface area contributed by atoms with E-state index in [9.17, 15) is 9.59 Å². The van der Waals surface area contributed by atoms with E-state index in [1.165, 1.54) is 0 Å². The van der Waals surface area contributed by atoms with Crippen LogP contribution in [0.3, 0.4) is 0 Å². The molecule has 0 aliphatic carbocycles. The Morgan fingerprint density at radius 1 is 1.22 bits per heavy atom. The summed E-state index contributed by atoms with van der Waals surface area (Å²) in [6.45, 7) is 1.20. The van der Waals surface area contributed by atoms with Crippen molar-refractivity contribution in [1.82, 2.24) is 4.90 Å². The quantitative estimate of drug-likeness (QED) is 0.882. The highest BCUT2D eigenvalue weighted by Gasteiger charge is 2.45. The molecule has 2 amide bonds. The van der Waals surface area contributed by atoms with E-state index >= 15 is 0 Å². The number of carbonyl (C=O) groups is 2. The van der Waals surface area contributed by atoms with Crippen LogP contribution in [0.5, 0.6) is 0 Å². The highest BCUT2D eigenvalue weighted by atomic mass is 32.1. The molecule has 0 radical (unpaired) electrons. The Morgan fingerprint density at radius 3 is 2.85 bits per heavy atom. The maximum absolute atomic E-state index is 12.6. The first-order valence-electron chi connectivity index (χ1n) is 9.05. The molecule has 0 bridgehead atoms. The Labute approximate surface area is 161 Å². The van der Waals surface area contributed by atoms with Crippen LogP contribution in [-0.2, 0) is 20.8 Å². The molecule has 3 heterocycles. The number of oxime groups is 1. The molecular weight excluding hydrogens is 362 g/mol. The monoisotopic (exact) mass is 383 g/mol. The first-order chi connectivity index (χ1) is 13.1. The molecule has 140 valence electrons. The Bertz CT molecular complexity index is 851. The Kier molecular flexibility index (Phi) is 4.94. The number of carbonyl (C=O) groups excluding carboxylic acids is 2. The average molecular weight is 383 g/mol. The SMILES string of the molecule is O=C(Nc1ccccc1)C1=NOC2(CCCN(C(=O)Cc3cccs3)C2)C1. The van der Waals surface area contributed by atoms with Crippen molar-refractivity contribution in [1.29, 1.82) is 0 Å². The van der Waals surface area contributed by atoms with E-state index in [0.717, 1.165) is 30.0 Å². The van der Waals surface area contributed by atoms with E-state index in [4.69, 9.17) is 4.84 Å². The van der Waals surface area contributed by atoms with Crippen LogP contribution in [0, 0.1) is 0 Å². The van der Waals surface area contributed by atoms with Crippen molar-refractivity contribution in [2.45, 2.75) is 31.3 Å². The van der Waals surface area contributed by atoms with Crippen molar-refractivity contribution in [2.75, 3.05) is 18.4 Å². The molecule has 1 fully saturated rings. The van der Waals surface area contributed by atoms with Gasteiger partial charge in [0.15, 0.2) is 5.60 Å². The van der Waals surface area contributed by atoms with Crippen molar-refractivity contribution in [3.05, 3.63) is 52.7 Å². The minimum absolute atomic E-state index is 0.0994. The lowest BCUT2D eigenvalue weighted by Crippen LogP contribution is -2.51. The van der Waals surface area contributed by atoms with Crippen LogP contribution in [-0.4, -0.2) is 41.1 Å². The van der Waals surface area contributed by atoms with Crippen molar-refractivity contribution in [3.8, 4) is 0 Å². The summed E-state index contributed by atoms with van der Waals surface area (Å²) in [5.41, 5.74) is 0.529. The van der Waals surface area contributed by atoms with Crippen LogP contribution >= 0.6 is 11.3 Å². The normalized spacial score (nSPS) is 21.6. The van der Waals surface area contributed by atoms with E-state index in [0.29, 0.717) is 25.1 Å². The molecule has 1 saturated heterocycles. The third-order valence-corrected chi connectivity index (χ3v) is 5.81. The van der Waals surface area contributed by atoms with Gasteiger partial charge in [-0.25, -0.2) is 0 Å². The standard InChI is InChI=1S/C20H21N3O3S/c24-18(12-16-8-4-11-27-16)23-10-5-9-20(14-23)13-17(22-26-20)19(25)21-15-6-2-1-3-7-15/h1-4,6-8,11H,5,9-10,12-14H2,(H,21,25). The fraction of sp³-hybridized carbons (Fsp3) is 0.350. The van der Waals surface area contributed by atoms with Gasteiger partial charge in [-0.05, 0) is 36.4 Å². The van der Waals surface area contributed by atoms with Crippen molar-refractivity contribution in [2.24, 2.45) is 5.16 Å². The largest absolute Gasteiger partial charge is 0.386 e. The van der Waals surface area contributed by atoms with Gasteiger partial charge in [-0.15, -0.1) is 11.3 Å². The molecule has 0 saturated carbocycles. The fourth-order valence-corrected chi connectivity index (χ4v) is 4.27. The molecular formula is C20H21N3O3S. The zero-order valence-electron chi connectivity index (χ0n) is 14.9. The molecule has 2 aliphatic heterocycles. The number of hydrogen-bond acceptors (Lipinski definition) is 5. The van der Waals surface area contributed by atoms with Crippen LogP contribution in [0.2, 0.25) is 0 Å². The van der Waals surface area contributed by atoms with Crippen LogP contribution < -0.4 is 5.32 Å². The maximum atomic E-state index is 12.6. The van der Waals surface area contributed by atoms with Crippen LogP contribution in [0.4, 0.5) is 5.69 Å². The van der Waals surface area contributed by atoms with Crippen molar-refractivity contribution in [3.63, 3.8) is 0 Å². The number of benzene rings is 1. The smallest absolute Gasteiger partial charge is 0.273 e. The molecule has 1 atom stereocenters. The third-order valence-electron chi connectivity index (χ3n) is 4.93. The molecule has 1 aromatic carbocycles. The predicted octanol–water partition coefficient (Wildman–Crippen LogP) is 3.07. The highest BCUT2D eigenvalue weighted by molar-refractivity contribution is 7.10. The third kappa shape index (κ3) is 4.03. The lowest BCUT2D eigenvalue weighted by molar-refractivity contribution is -0.139. The van der Waals surface area contributed by atoms with E-state index < -0.39 is 5.60 Å². The summed E-state index contributed by atoms with van der Waals surface area (Å²) in [6.07, 6.45) is 2.48. The first kappa shape index (κ1) is 17.7. The Balaban J connectivity index is 1.37. The zero-order chi connectivity index (χ0) is 18.7. The van der Waals surface area contributed by atoms with Gasteiger partial charge in [-0.3, -0.25) is 9.59 Å². The van der Waals surface area contributed by atoms with Gasteiger partial charge in [-0.1, -0.05) is 29.4 Å². The van der Waals surface area contributed by atoms with Gasteiger partial charge in [0.1, 0.15) is 5.71 Å². The van der Waals surface area contributed by atoms with Gasteiger partial charge in [0.2, 0.25) is 5.91 Å².